The van der Waals surface area contributed by atoms with E-state index in [0.717, 1.165) is 37.7 Å². The summed E-state index contributed by atoms with van der Waals surface area (Å²) < 4.78 is 6.10. The molecule has 0 amide bonds. The average Bonchev–Trinajstić information content (AvgIpc) is 2.84. The first-order valence-corrected chi connectivity index (χ1v) is 9.20. The molecule has 4 aliphatic carbocycles. The van der Waals surface area contributed by atoms with Crippen LogP contribution >= 0.6 is 0 Å². The number of hydrogen-bond acceptors (Lipinski definition) is 2. The maximum atomic E-state index is 11.7. The van der Waals surface area contributed by atoms with Crippen LogP contribution in [0.5, 0.6) is 0 Å². The van der Waals surface area contributed by atoms with Gasteiger partial charge in [0, 0.05) is 13.0 Å². The predicted octanol–water partition coefficient (Wildman–Crippen LogP) is 4.60. The van der Waals surface area contributed by atoms with Crippen LogP contribution in [0.25, 0.3) is 0 Å². The molecule has 0 radical (unpaired) electrons. The second-order valence-electron chi connectivity index (χ2n) is 7.92. The minimum Gasteiger partial charge on any atom is -0.378 e. The molecular formula is C20H28O2. The Morgan fingerprint density at radius 2 is 2.05 bits per heavy atom. The van der Waals surface area contributed by atoms with Crippen LogP contribution in [0.3, 0.4) is 0 Å². The number of hydrogen-bond donors (Lipinski definition) is 0. The van der Waals surface area contributed by atoms with Crippen molar-refractivity contribution in [3.05, 3.63) is 22.8 Å². The van der Waals surface area contributed by atoms with E-state index in [1.807, 2.05) is 6.08 Å². The highest BCUT2D eigenvalue weighted by molar-refractivity contribution is 5.93. The van der Waals surface area contributed by atoms with E-state index in [4.69, 9.17) is 4.74 Å². The van der Waals surface area contributed by atoms with Gasteiger partial charge in [-0.2, -0.15) is 0 Å². The smallest absolute Gasteiger partial charge is 0.156 e. The zero-order valence-corrected chi connectivity index (χ0v) is 14.0. The lowest BCUT2D eigenvalue weighted by atomic mass is 9.57. The van der Waals surface area contributed by atoms with Gasteiger partial charge in [-0.25, -0.2) is 0 Å². The first-order chi connectivity index (χ1) is 10.6. The number of allylic oxidation sites excluding steroid dienone is 4. The fourth-order valence-corrected chi connectivity index (χ4v) is 5.96. The van der Waals surface area contributed by atoms with Crippen molar-refractivity contribution in [2.45, 2.75) is 71.3 Å². The van der Waals surface area contributed by atoms with Crippen molar-refractivity contribution in [1.82, 2.24) is 0 Å². The molecule has 0 saturated heterocycles. The molecule has 0 N–H and O–H groups in total. The largest absolute Gasteiger partial charge is 0.378 e. The van der Waals surface area contributed by atoms with Gasteiger partial charge in [-0.05, 0) is 86.3 Å². The highest BCUT2D eigenvalue weighted by atomic mass is 16.5. The molecule has 2 fully saturated rings. The second kappa shape index (κ2) is 5.33. The summed E-state index contributed by atoms with van der Waals surface area (Å²) in [4.78, 5) is 11.7. The number of carbonyl (C=O) groups is 1. The molecule has 4 rings (SSSR count). The van der Waals surface area contributed by atoms with Gasteiger partial charge in [-0.1, -0.05) is 12.5 Å². The normalized spacial score (nSPS) is 40.9. The Hall–Kier alpha value is -0.890. The maximum Gasteiger partial charge on any atom is 0.156 e. The molecule has 22 heavy (non-hydrogen) atoms. The van der Waals surface area contributed by atoms with Crippen molar-refractivity contribution < 1.29 is 9.53 Å². The molecule has 2 saturated carbocycles. The Morgan fingerprint density at radius 3 is 2.86 bits per heavy atom. The van der Waals surface area contributed by atoms with Crippen molar-refractivity contribution >= 4 is 5.78 Å². The van der Waals surface area contributed by atoms with E-state index >= 15 is 0 Å². The van der Waals surface area contributed by atoms with Gasteiger partial charge < -0.3 is 4.74 Å². The molecule has 0 bridgehead atoms. The number of fused-ring (bicyclic) bond motifs is 4. The summed E-state index contributed by atoms with van der Waals surface area (Å²) in [6.45, 7) is 5.46. The molecular weight excluding hydrogens is 272 g/mol. The molecule has 4 atom stereocenters. The van der Waals surface area contributed by atoms with Gasteiger partial charge in [-0.15, -0.1) is 0 Å². The zero-order chi connectivity index (χ0) is 15.3. The van der Waals surface area contributed by atoms with Crippen molar-refractivity contribution in [1.29, 1.82) is 0 Å². The van der Waals surface area contributed by atoms with Gasteiger partial charge in [-0.3, -0.25) is 4.79 Å². The second-order valence-corrected chi connectivity index (χ2v) is 7.92. The molecule has 0 aromatic carbocycles. The first-order valence-electron chi connectivity index (χ1n) is 9.20. The molecule has 120 valence electrons. The minimum atomic E-state index is 0.343. The van der Waals surface area contributed by atoms with E-state index in [2.05, 4.69) is 13.8 Å². The number of carbonyl (C=O) groups excluding carboxylic acids is 1. The SMILES string of the molecule is CCO[C@H]1CC[C@H]2C3CCC4=CC(=O)CCC4=C3CC[C@]12C. The molecule has 2 nitrogen and oxygen atoms in total. The molecule has 2 heteroatoms. The molecule has 1 unspecified atom stereocenters. The van der Waals surface area contributed by atoms with E-state index in [1.54, 1.807) is 11.1 Å². The van der Waals surface area contributed by atoms with E-state index in [-0.39, 0.29) is 0 Å². The van der Waals surface area contributed by atoms with Crippen LogP contribution in [-0.2, 0) is 9.53 Å². The molecule has 0 aliphatic heterocycles. The van der Waals surface area contributed by atoms with Gasteiger partial charge in [0.15, 0.2) is 5.78 Å². The lowest BCUT2D eigenvalue weighted by molar-refractivity contribution is -0.114. The quantitative estimate of drug-likeness (QED) is 0.745. The summed E-state index contributed by atoms with van der Waals surface area (Å²) >= 11 is 0. The number of ketones is 1. The van der Waals surface area contributed by atoms with E-state index < -0.39 is 0 Å². The van der Waals surface area contributed by atoms with Crippen LogP contribution in [0, 0.1) is 17.3 Å². The first kappa shape index (κ1) is 14.7. The Labute approximate surface area is 134 Å². The standard InChI is InChI=1S/C20H28O2/c1-3-22-19-9-8-18-17-6-4-13-12-14(21)5-7-15(13)16(17)10-11-20(18,19)2/h12,17-19H,3-11H2,1-2H3/t17?,18-,19-,20-/m0/s1. The van der Waals surface area contributed by atoms with Crippen molar-refractivity contribution in [2.24, 2.45) is 17.3 Å². The molecule has 0 spiro atoms. The fourth-order valence-electron chi connectivity index (χ4n) is 5.96. The Morgan fingerprint density at radius 1 is 1.18 bits per heavy atom. The van der Waals surface area contributed by atoms with Crippen LogP contribution in [-0.4, -0.2) is 18.5 Å². The van der Waals surface area contributed by atoms with E-state index in [1.165, 1.54) is 37.7 Å². The summed E-state index contributed by atoms with van der Waals surface area (Å²) in [6, 6.07) is 0. The van der Waals surface area contributed by atoms with Crippen molar-refractivity contribution in [3.63, 3.8) is 0 Å². The van der Waals surface area contributed by atoms with Gasteiger partial charge in [0.1, 0.15) is 0 Å². The summed E-state index contributed by atoms with van der Waals surface area (Å²) in [5.41, 5.74) is 5.07. The van der Waals surface area contributed by atoms with Gasteiger partial charge in [0.05, 0.1) is 6.10 Å². The minimum absolute atomic E-state index is 0.343. The van der Waals surface area contributed by atoms with Crippen LogP contribution in [0.1, 0.15) is 65.2 Å². The fraction of sp³-hybridized carbons (Fsp3) is 0.750. The summed E-state index contributed by atoms with van der Waals surface area (Å²) in [7, 11) is 0. The van der Waals surface area contributed by atoms with Crippen LogP contribution in [0.4, 0.5) is 0 Å². The molecule has 0 aromatic heterocycles. The molecule has 4 aliphatic rings. The van der Waals surface area contributed by atoms with Gasteiger partial charge in [0.2, 0.25) is 0 Å². The van der Waals surface area contributed by atoms with Crippen molar-refractivity contribution in [2.75, 3.05) is 6.61 Å². The van der Waals surface area contributed by atoms with Crippen molar-refractivity contribution in [3.8, 4) is 0 Å². The Bertz CT molecular complexity index is 556. The third kappa shape index (κ3) is 2.06. The van der Waals surface area contributed by atoms with Crippen LogP contribution in [0.2, 0.25) is 0 Å². The molecule has 0 heterocycles. The molecule has 0 aromatic rings. The topological polar surface area (TPSA) is 26.3 Å². The van der Waals surface area contributed by atoms with Crippen LogP contribution < -0.4 is 0 Å². The van der Waals surface area contributed by atoms with Gasteiger partial charge in [0.25, 0.3) is 0 Å². The lowest BCUT2D eigenvalue weighted by Gasteiger charge is -2.49. The predicted molar refractivity (Wildman–Crippen MR) is 87.6 cm³/mol. The zero-order valence-electron chi connectivity index (χ0n) is 14.0. The summed E-state index contributed by atoms with van der Waals surface area (Å²) in [5, 5.41) is 0. The van der Waals surface area contributed by atoms with E-state index in [0.29, 0.717) is 17.3 Å². The lowest BCUT2D eigenvalue weighted by Crippen LogP contribution is -2.42. The van der Waals surface area contributed by atoms with E-state index in [9.17, 15) is 4.79 Å². The van der Waals surface area contributed by atoms with Gasteiger partial charge >= 0.3 is 0 Å². The monoisotopic (exact) mass is 300 g/mol. The number of rotatable bonds is 2. The van der Waals surface area contributed by atoms with Crippen LogP contribution in [0.15, 0.2) is 22.8 Å². The summed E-state index contributed by atoms with van der Waals surface area (Å²) in [6.07, 6.45) is 11.6. The highest BCUT2D eigenvalue weighted by Gasteiger charge is 2.53. The third-order valence-corrected chi connectivity index (χ3v) is 7.01. The Balaban J connectivity index is 1.67. The summed E-state index contributed by atoms with van der Waals surface area (Å²) in [5.74, 6) is 1.92. The third-order valence-electron chi connectivity index (χ3n) is 7.01. The average molecular weight is 300 g/mol. The number of ether oxygens (including phenoxy) is 1. The maximum absolute atomic E-state index is 11.7. The highest BCUT2D eigenvalue weighted by Crippen LogP contribution is 2.60. The Kier molecular flexibility index (Phi) is 3.56.